The lowest BCUT2D eigenvalue weighted by molar-refractivity contribution is 0.100. The first-order valence-electron chi connectivity index (χ1n) is 8.24. The minimum absolute atomic E-state index is 0.103. The molecule has 28 heavy (non-hydrogen) atoms. The number of phenols is 1. The number of H-pyrrole nitrogens is 1. The summed E-state index contributed by atoms with van der Waals surface area (Å²) in [4.78, 5) is 16.3. The van der Waals surface area contributed by atoms with E-state index in [1.54, 1.807) is 6.07 Å². The molecule has 0 spiro atoms. The van der Waals surface area contributed by atoms with Crippen molar-refractivity contribution in [2.75, 3.05) is 5.32 Å². The van der Waals surface area contributed by atoms with Crippen molar-refractivity contribution in [2.24, 2.45) is 10.7 Å². The van der Waals surface area contributed by atoms with Gasteiger partial charge in [-0.3, -0.25) is 9.89 Å². The Labute approximate surface area is 189 Å². The van der Waals surface area contributed by atoms with E-state index in [2.05, 4.69) is 65.7 Å². The Balaban J connectivity index is 1.91. The van der Waals surface area contributed by atoms with Crippen LogP contribution in [-0.2, 0) is 8.86 Å². The fourth-order valence-corrected chi connectivity index (χ4v) is 3.49. The van der Waals surface area contributed by atoms with Crippen LogP contribution >= 0.6 is 45.2 Å². The van der Waals surface area contributed by atoms with Crippen LogP contribution in [0.2, 0.25) is 0 Å². The van der Waals surface area contributed by atoms with Crippen LogP contribution in [0.3, 0.4) is 0 Å². The zero-order valence-corrected chi connectivity index (χ0v) is 18.9. The summed E-state index contributed by atoms with van der Waals surface area (Å²) < 4.78 is 1.67. The molecule has 0 aliphatic rings. The van der Waals surface area contributed by atoms with Crippen LogP contribution in [0.4, 0.5) is 17.3 Å². The number of carbonyl (C=O) groups excluding carboxylic acids is 1. The van der Waals surface area contributed by atoms with Crippen molar-refractivity contribution in [3.8, 4) is 5.75 Å². The molecular weight excluding hydrogens is 584 g/mol. The Morgan fingerprint density at radius 1 is 1.21 bits per heavy atom. The number of primary amides is 1. The van der Waals surface area contributed by atoms with Gasteiger partial charge in [-0.2, -0.15) is 5.10 Å². The van der Waals surface area contributed by atoms with Crippen molar-refractivity contribution in [3.05, 3.63) is 64.7 Å². The number of halogens is 2. The summed E-state index contributed by atoms with van der Waals surface area (Å²) in [5.41, 5.74) is 9.24. The third kappa shape index (κ3) is 4.82. The summed E-state index contributed by atoms with van der Waals surface area (Å²) in [5, 5.41) is 20.0. The molecule has 0 radical (unpaired) electrons. The van der Waals surface area contributed by atoms with Gasteiger partial charge in [0.05, 0.1) is 0 Å². The molecule has 0 unspecified atom stereocenters. The number of amides is 1. The average molecular weight is 601 g/mol. The van der Waals surface area contributed by atoms with E-state index in [1.807, 2.05) is 36.4 Å². The largest absolute Gasteiger partial charge is 0.507 e. The molecule has 0 aliphatic carbocycles. The summed E-state index contributed by atoms with van der Waals surface area (Å²) in [5.74, 6) is -0.0278. The number of aromatic nitrogens is 2. The molecule has 0 fully saturated rings. The maximum atomic E-state index is 12.0. The van der Waals surface area contributed by atoms with Crippen LogP contribution < -0.4 is 11.1 Å². The number of phenolic OH excluding ortho intramolecular Hbond substituents is 1. The number of carbonyl (C=O) groups is 1. The van der Waals surface area contributed by atoms with Crippen molar-refractivity contribution in [3.63, 3.8) is 0 Å². The number of anilines is 2. The van der Waals surface area contributed by atoms with Crippen LogP contribution in [-0.4, -0.2) is 27.4 Å². The molecule has 1 heterocycles. The number of nitrogens with one attached hydrogen (secondary N) is 2. The fourth-order valence-electron chi connectivity index (χ4n) is 2.54. The summed E-state index contributed by atoms with van der Waals surface area (Å²) in [6, 6.07) is 13.1. The van der Waals surface area contributed by atoms with Gasteiger partial charge in [-0.1, -0.05) is 63.4 Å². The van der Waals surface area contributed by atoms with Gasteiger partial charge in [-0.15, -0.1) is 0 Å². The monoisotopic (exact) mass is 601 g/mol. The predicted molar refractivity (Wildman–Crippen MR) is 128 cm³/mol. The van der Waals surface area contributed by atoms with Crippen LogP contribution in [0, 0.1) is 0 Å². The van der Waals surface area contributed by atoms with E-state index < -0.39 is 5.91 Å². The summed E-state index contributed by atoms with van der Waals surface area (Å²) in [6.07, 6.45) is 1.48. The smallest absolute Gasteiger partial charge is 0.256 e. The standard InChI is InChI=1S/C19H17I2N5O2/c20-8-11-2-1-3-14(7-11)24-19-16(17(22)28)18(25-26-19)23-10-13-6-12(9-21)4-5-15(13)27/h1-7,10,27H,8-9H2,(H2,22,28)(H2,24,25,26)/b23-10+. The first-order chi connectivity index (χ1) is 13.5. The van der Waals surface area contributed by atoms with Gasteiger partial charge in [-0.25, -0.2) is 4.99 Å². The van der Waals surface area contributed by atoms with Crippen LogP contribution in [0.15, 0.2) is 47.5 Å². The number of hydrogen-bond donors (Lipinski definition) is 4. The molecule has 1 amide bonds. The van der Waals surface area contributed by atoms with E-state index in [1.165, 1.54) is 6.21 Å². The van der Waals surface area contributed by atoms with Crippen molar-refractivity contribution >= 4 is 74.6 Å². The highest BCUT2D eigenvalue weighted by atomic mass is 127. The lowest BCUT2D eigenvalue weighted by Crippen LogP contribution is -2.12. The topological polar surface area (TPSA) is 116 Å². The average Bonchev–Trinajstić information content (AvgIpc) is 3.10. The predicted octanol–water partition coefficient (Wildman–Crippen LogP) is 4.58. The van der Waals surface area contributed by atoms with E-state index in [0.717, 1.165) is 25.7 Å². The normalized spacial score (nSPS) is 11.1. The van der Waals surface area contributed by atoms with Gasteiger partial charge in [0.15, 0.2) is 11.6 Å². The SMILES string of the molecule is NC(=O)c1c(Nc2cccc(CI)c2)n[nH]c1/N=C/c1cc(CI)ccc1O. The highest BCUT2D eigenvalue weighted by Crippen LogP contribution is 2.27. The molecule has 0 saturated heterocycles. The Hall–Kier alpha value is -2.15. The first-order valence-corrected chi connectivity index (χ1v) is 11.3. The molecule has 0 bridgehead atoms. The fraction of sp³-hybridized carbons (Fsp3) is 0.105. The van der Waals surface area contributed by atoms with Crippen LogP contribution in [0.5, 0.6) is 5.75 Å². The van der Waals surface area contributed by atoms with Gasteiger partial charge >= 0.3 is 0 Å². The van der Waals surface area contributed by atoms with Crippen LogP contribution in [0.25, 0.3) is 0 Å². The van der Waals surface area contributed by atoms with Crippen LogP contribution in [0.1, 0.15) is 27.0 Å². The highest BCUT2D eigenvalue weighted by molar-refractivity contribution is 14.1. The number of hydrogen-bond acceptors (Lipinski definition) is 5. The maximum absolute atomic E-state index is 12.0. The van der Waals surface area contributed by atoms with E-state index in [9.17, 15) is 9.90 Å². The van der Waals surface area contributed by atoms with E-state index >= 15 is 0 Å². The minimum Gasteiger partial charge on any atom is -0.507 e. The van der Waals surface area contributed by atoms with Gasteiger partial charge in [0, 0.05) is 26.3 Å². The van der Waals surface area contributed by atoms with Crippen molar-refractivity contribution in [2.45, 2.75) is 8.86 Å². The van der Waals surface area contributed by atoms with Gasteiger partial charge in [0.1, 0.15) is 11.3 Å². The molecule has 3 rings (SSSR count). The molecule has 3 aromatic rings. The first kappa shape index (κ1) is 20.6. The molecule has 5 N–H and O–H groups in total. The number of alkyl halides is 2. The number of nitrogens with two attached hydrogens (primary N) is 1. The molecule has 2 aromatic carbocycles. The summed E-state index contributed by atoms with van der Waals surface area (Å²) in [7, 11) is 0. The van der Waals surface area contributed by atoms with Gasteiger partial charge in [0.25, 0.3) is 5.91 Å². The lowest BCUT2D eigenvalue weighted by atomic mass is 10.1. The highest BCUT2D eigenvalue weighted by Gasteiger charge is 2.18. The minimum atomic E-state index is -0.654. The molecule has 0 aliphatic heterocycles. The number of benzene rings is 2. The molecule has 1 aromatic heterocycles. The molecule has 0 atom stereocenters. The number of aromatic amines is 1. The Morgan fingerprint density at radius 3 is 2.68 bits per heavy atom. The molecule has 9 heteroatoms. The van der Waals surface area contributed by atoms with E-state index in [0.29, 0.717) is 11.4 Å². The molecular formula is C19H17I2N5O2. The van der Waals surface area contributed by atoms with E-state index in [-0.39, 0.29) is 17.1 Å². The van der Waals surface area contributed by atoms with Crippen molar-refractivity contribution in [1.82, 2.24) is 10.2 Å². The maximum Gasteiger partial charge on any atom is 0.256 e. The quantitative estimate of drug-likeness (QED) is 0.180. The zero-order chi connectivity index (χ0) is 20.1. The van der Waals surface area contributed by atoms with E-state index in [4.69, 9.17) is 5.73 Å². The lowest BCUT2D eigenvalue weighted by Gasteiger charge is -2.06. The Bertz CT molecular complexity index is 1030. The summed E-state index contributed by atoms with van der Waals surface area (Å²) >= 11 is 4.52. The number of rotatable bonds is 7. The third-order valence-electron chi connectivity index (χ3n) is 3.92. The van der Waals surface area contributed by atoms with Gasteiger partial charge < -0.3 is 16.2 Å². The zero-order valence-electron chi connectivity index (χ0n) is 14.6. The second-order valence-corrected chi connectivity index (χ2v) is 7.43. The molecule has 7 nitrogen and oxygen atoms in total. The van der Waals surface area contributed by atoms with Gasteiger partial charge in [-0.05, 0) is 35.4 Å². The number of aromatic hydroxyl groups is 1. The molecule has 144 valence electrons. The second-order valence-electron chi connectivity index (χ2n) is 5.90. The van der Waals surface area contributed by atoms with Gasteiger partial charge in [0.2, 0.25) is 0 Å². The van der Waals surface area contributed by atoms with Crippen molar-refractivity contribution in [1.29, 1.82) is 0 Å². The Morgan fingerprint density at radius 2 is 1.96 bits per heavy atom. The number of aliphatic imine (C=N–C) groups is 1. The third-order valence-corrected chi connectivity index (χ3v) is 5.68. The molecule has 0 saturated carbocycles. The second kappa shape index (κ2) is 9.37. The number of nitrogens with zero attached hydrogens (tertiary/aromatic N) is 2. The summed E-state index contributed by atoms with van der Waals surface area (Å²) in [6.45, 7) is 0. The van der Waals surface area contributed by atoms with Crippen molar-refractivity contribution < 1.29 is 9.90 Å². The Kier molecular flexibility index (Phi) is 6.88.